The number of hydrogen-bond donors (Lipinski definition) is 3. The first-order chi connectivity index (χ1) is 6.43. The molecule has 0 aromatic heterocycles. The van der Waals surface area contributed by atoms with Gasteiger partial charge >= 0.3 is 0 Å². The molecule has 0 radical (unpaired) electrons. The molecule has 84 valence electrons. The van der Waals surface area contributed by atoms with Gasteiger partial charge in [-0.1, -0.05) is 0 Å². The molecule has 0 aromatic carbocycles. The lowest BCUT2D eigenvalue weighted by molar-refractivity contribution is -0.301. The fourth-order valence-corrected chi connectivity index (χ4v) is 1.39. The Morgan fingerprint density at radius 2 is 1.64 bits per heavy atom. The van der Waals surface area contributed by atoms with Gasteiger partial charge in [0.2, 0.25) is 0 Å². The normalized spacial score (nSPS) is 44.4. The molecule has 0 aromatic rings. The molecule has 0 amide bonds. The predicted octanol–water partition coefficient (Wildman–Crippen LogP) is -0.761. The molecule has 1 saturated heterocycles. The number of rotatable bonds is 2. The highest BCUT2D eigenvalue weighted by Crippen LogP contribution is 2.22. The Balaban J connectivity index is 2.60. The average Bonchev–Trinajstić information content (AvgIpc) is 2.10. The second kappa shape index (κ2) is 4.55. The lowest BCUT2D eigenvalue weighted by atomic mass is 10.00. The largest absolute Gasteiger partial charge is 0.388 e. The molecule has 14 heavy (non-hydrogen) atoms. The molecule has 1 rings (SSSR count). The molecule has 5 atom stereocenters. The molecule has 0 aliphatic carbocycles. The van der Waals surface area contributed by atoms with Crippen LogP contribution in [0.2, 0.25) is 0 Å². The molecule has 1 aliphatic heterocycles. The minimum absolute atomic E-state index is 0.107. The standard InChI is InChI=1S/C9H18O5/c1-4(2)13-9-8(12)7(11)6(10)5(3)14-9/h4-12H,1-3H3/t5-,6-,7+,8+,9-/m0/s1. The fraction of sp³-hybridized carbons (Fsp3) is 1.00. The first-order valence-electron chi connectivity index (χ1n) is 4.78. The van der Waals surface area contributed by atoms with Crippen LogP contribution in [0.3, 0.4) is 0 Å². The Hall–Kier alpha value is -0.200. The van der Waals surface area contributed by atoms with Gasteiger partial charge < -0.3 is 24.8 Å². The van der Waals surface area contributed by atoms with Crippen molar-refractivity contribution in [3.63, 3.8) is 0 Å². The molecular formula is C9H18O5. The Kier molecular flexibility index (Phi) is 3.86. The lowest BCUT2D eigenvalue weighted by Crippen LogP contribution is -2.57. The fourth-order valence-electron chi connectivity index (χ4n) is 1.39. The minimum atomic E-state index is -1.22. The van der Waals surface area contributed by atoms with Gasteiger partial charge in [-0.15, -0.1) is 0 Å². The third kappa shape index (κ3) is 2.43. The van der Waals surface area contributed by atoms with Gasteiger partial charge in [-0.05, 0) is 20.8 Å². The maximum absolute atomic E-state index is 9.51. The molecule has 5 heteroatoms. The van der Waals surface area contributed by atoms with Crippen molar-refractivity contribution in [2.75, 3.05) is 0 Å². The molecule has 5 nitrogen and oxygen atoms in total. The Morgan fingerprint density at radius 3 is 2.14 bits per heavy atom. The summed E-state index contributed by atoms with van der Waals surface area (Å²) < 4.78 is 10.5. The maximum atomic E-state index is 9.51. The molecule has 1 aliphatic rings. The van der Waals surface area contributed by atoms with E-state index in [2.05, 4.69) is 0 Å². The van der Waals surface area contributed by atoms with Crippen LogP contribution >= 0.6 is 0 Å². The highest BCUT2D eigenvalue weighted by atomic mass is 16.7. The Bertz CT molecular complexity index is 184. The van der Waals surface area contributed by atoms with Gasteiger partial charge in [0.25, 0.3) is 0 Å². The van der Waals surface area contributed by atoms with E-state index in [-0.39, 0.29) is 6.10 Å². The summed E-state index contributed by atoms with van der Waals surface area (Å²) in [6.45, 7) is 5.23. The second-order valence-electron chi connectivity index (χ2n) is 3.87. The van der Waals surface area contributed by atoms with E-state index in [1.165, 1.54) is 0 Å². The van der Waals surface area contributed by atoms with Crippen molar-refractivity contribution < 1.29 is 24.8 Å². The van der Waals surface area contributed by atoms with Crippen molar-refractivity contribution >= 4 is 0 Å². The van der Waals surface area contributed by atoms with Crippen molar-refractivity contribution in [3.8, 4) is 0 Å². The van der Waals surface area contributed by atoms with E-state index in [1.807, 2.05) is 0 Å². The average molecular weight is 206 g/mol. The van der Waals surface area contributed by atoms with Crippen molar-refractivity contribution in [1.29, 1.82) is 0 Å². The van der Waals surface area contributed by atoms with Crippen LogP contribution in [-0.4, -0.2) is 52.1 Å². The number of hydrogen-bond acceptors (Lipinski definition) is 5. The monoisotopic (exact) mass is 206 g/mol. The van der Waals surface area contributed by atoms with E-state index >= 15 is 0 Å². The van der Waals surface area contributed by atoms with E-state index < -0.39 is 30.7 Å². The molecule has 0 unspecified atom stereocenters. The SMILES string of the molecule is CC(C)O[C@H]1O[C@@H](C)[C@H](O)[C@@H](O)[C@H]1O. The van der Waals surface area contributed by atoms with E-state index in [0.717, 1.165) is 0 Å². The Labute approximate surface area is 83.3 Å². The van der Waals surface area contributed by atoms with Gasteiger partial charge in [0.1, 0.15) is 18.3 Å². The summed E-state index contributed by atoms with van der Waals surface area (Å²) in [6, 6.07) is 0. The van der Waals surface area contributed by atoms with Crippen LogP contribution in [-0.2, 0) is 9.47 Å². The Morgan fingerprint density at radius 1 is 1.07 bits per heavy atom. The summed E-state index contributed by atoms with van der Waals surface area (Å²) >= 11 is 0. The highest BCUT2D eigenvalue weighted by Gasteiger charge is 2.42. The van der Waals surface area contributed by atoms with Crippen LogP contribution in [0.4, 0.5) is 0 Å². The van der Waals surface area contributed by atoms with Crippen LogP contribution in [0.25, 0.3) is 0 Å². The van der Waals surface area contributed by atoms with Crippen molar-refractivity contribution in [3.05, 3.63) is 0 Å². The summed E-state index contributed by atoms with van der Waals surface area (Å²) in [5, 5.41) is 28.3. The lowest BCUT2D eigenvalue weighted by Gasteiger charge is -2.39. The molecule has 1 heterocycles. The summed E-state index contributed by atoms with van der Waals surface area (Å²) in [6.07, 6.45) is -5.02. The summed E-state index contributed by atoms with van der Waals surface area (Å²) in [5.41, 5.74) is 0. The molecule has 0 spiro atoms. The third-order valence-corrected chi connectivity index (χ3v) is 2.21. The van der Waals surface area contributed by atoms with Crippen molar-refractivity contribution in [2.24, 2.45) is 0 Å². The van der Waals surface area contributed by atoms with E-state index in [1.54, 1.807) is 20.8 Å². The van der Waals surface area contributed by atoms with Crippen LogP contribution in [0.1, 0.15) is 20.8 Å². The topological polar surface area (TPSA) is 79.2 Å². The van der Waals surface area contributed by atoms with Gasteiger partial charge in [-0.3, -0.25) is 0 Å². The maximum Gasteiger partial charge on any atom is 0.186 e. The van der Waals surface area contributed by atoms with Crippen LogP contribution in [0.5, 0.6) is 0 Å². The van der Waals surface area contributed by atoms with Gasteiger partial charge in [-0.2, -0.15) is 0 Å². The zero-order valence-electron chi connectivity index (χ0n) is 8.62. The second-order valence-corrected chi connectivity index (χ2v) is 3.87. The van der Waals surface area contributed by atoms with Gasteiger partial charge in [0, 0.05) is 0 Å². The number of aliphatic hydroxyl groups excluding tert-OH is 3. The predicted molar refractivity (Wildman–Crippen MR) is 48.6 cm³/mol. The minimum Gasteiger partial charge on any atom is -0.388 e. The van der Waals surface area contributed by atoms with Crippen molar-refractivity contribution in [2.45, 2.75) is 57.6 Å². The van der Waals surface area contributed by atoms with E-state index in [4.69, 9.17) is 9.47 Å². The van der Waals surface area contributed by atoms with Crippen molar-refractivity contribution in [1.82, 2.24) is 0 Å². The molecular weight excluding hydrogens is 188 g/mol. The number of ether oxygens (including phenoxy) is 2. The van der Waals surface area contributed by atoms with Gasteiger partial charge in [-0.25, -0.2) is 0 Å². The number of aliphatic hydroxyl groups is 3. The van der Waals surface area contributed by atoms with Gasteiger partial charge in [0.05, 0.1) is 12.2 Å². The van der Waals surface area contributed by atoms with Crippen LogP contribution in [0, 0.1) is 0 Å². The highest BCUT2D eigenvalue weighted by molar-refractivity contribution is 4.87. The quantitative estimate of drug-likeness (QED) is 0.553. The molecule has 0 saturated carbocycles. The van der Waals surface area contributed by atoms with E-state index in [9.17, 15) is 15.3 Å². The molecule has 3 N–H and O–H groups in total. The van der Waals surface area contributed by atoms with Crippen LogP contribution in [0.15, 0.2) is 0 Å². The summed E-state index contributed by atoms with van der Waals surface area (Å²) in [7, 11) is 0. The van der Waals surface area contributed by atoms with E-state index in [0.29, 0.717) is 0 Å². The third-order valence-electron chi connectivity index (χ3n) is 2.21. The summed E-state index contributed by atoms with van der Waals surface area (Å²) in [5.74, 6) is 0. The zero-order valence-corrected chi connectivity index (χ0v) is 8.62. The van der Waals surface area contributed by atoms with Crippen LogP contribution < -0.4 is 0 Å². The summed E-state index contributed by atoms with van der Waals surface area (Å²) in [4.78, 5) is 0. The van der Waals surface area contributed by atoms with Gasteiger partial charge in [0.15, 0.2) is 6.29 Å². The first-order valence-corrected chi connectivity index (χ1v) is 4.78. The first kappa shape index (κ1) is 11.9. The smallest absolute Gasteiger partial charge is 0.186 e. The molecule has 1 fully saturated rings. The zero-order chi connectivity index (χ0) is 10.9. The molecule has 0 bridgehead atoms.